The number of rotatable bonds is 2. The third kappa shape index (κ3) is 2.20. The molecule has 1 aliphatic heterocycles. The van der Waals surface area contributed by atoms with Crippen LogP contribution in [0.5, 0.6) is 0 Å². The number of anilines is 3. The highest BCUT2D eigenvalue weighted by molar-refractivity contribution is 6.14. The van der Waals surface area contributed by atoms with E-state index in [1.807, 2.05) is 0 Å². The summed E-state index contributed by atoms with van der Waals surface area (Å²) in [5.74, 6) is -0.850. The molecule has 0 spiro atoms. The van der Waals surface area contributed by atoms with Gasteiger partial charge in [-0.2, -0.15) is 5.10 Å². The predicted octanol–water partition coefficient (Wildman–Crippen LogP) is 3.38. The van der Waals surface area contributed by atoms with Crippen LogP contribution in [-0.2, 0) is 4.79 Å². The van der Waals surface area contributed by atoms with Crippen LogP contribution in [0.2, 0.25) is 0 Å². The first-order valence-corrected chi connectivity index (χ1v) is 7.76. The van der Waals surface area contributed by atoms with Crippen LogP contribution < -0.4 is 10.2 Å². The van der Waals surface area contributed by atoms with E-state index in [4.69, 9.17) is 0 Å². The van der Waals surface area contributed by atoms with Gasteiger partial charge in [0.05, 0.1) is 11.9 Å². The van der Waals surface area contributed by atoms with Gasteiger partial charge in [-0.3, -0.25) is 19.6 Å². The molecule has 1 amide bonds. The number of fused-ring (bicyclic) bond motifs is 2. The van der Waals surface area contributed by atoms with Crippen LogP contribution >= 0.6 is 0 Å². The lowest BCUT2D eigenvalue weighted by atomic mass is 9.96. The maximum absolute atomic E-state index is 15.1. The minimum Gasteiger partial charge on any atom is -0.370 e. The Morgan fingerprint density at radius 3 is 2.64 bits per heavy atom. The molecule has 4 rings (SSSR count). The summed E-state index contributed by atoms with van der Waals surface area (Å²) < 4.78 is 15.1. The minimum absolute atomic E-state index is 0.139. The van der Waals surface area contributed by atoms with E-state index in [-0.39, 0.29) is 17.1 Å². The van der Waals surface area contributed by atoms with Crippen LogP contribution in [0.4, 0.5) is 21.5 Å². The van der Waals surface area contributed by atoms with E-state index in [9.17, 15) is 9.59 Å². The van der Waals surface area contributed by atoms with Gasteiger partial charge in [-0.25, -0.2) is 4.39 Å². The maximum atomic E-state index is 15.1. The van der Waals surface area contributed by atoms with Gasteiger partial charge in [0, 0.05) is 16.6 Å². The molecule has 0 saturated carbocycles. The van der Waals surface area contributed by atoms with Gasteiger partial charge in [0.15, 0.2) is 5.82 Å². The van der Waals surface area contributed by atoms with Crippen LogP contribution in [0.25, 0.3) is 10.9 Å². The largest absolute Gasteiger partial charge is 0.370 e. The summed E-state index contributed by atoms with van der Waals surface area (Å²) >= 11 is 0. The molecule has 0 unspecified atom stereocenters. The van der Waals surface area contributed by atoms with Crippen molar-refractivity contribution in [3.63, 3.8) is 0 Å². The van der Waals surface area contributed by atoms with Crippen LogP contribution in [0, 0.1) is 5.82 Å². The fraction of sp³-hybridized carbons (Fsp3) is 0.167. The van der Waals surface area contributed by atoms with Gasteiger partial charge >= 0.3 is 0 Å². The number of carbonyl (C=O) groups excluding carboxylic acids is 2. The van der Waals surface area contributed by atoms with E-state index < -0.39 is 11.4 Å². The third-order valence-electron chi connectivity index (χ3n) is 4.35. The van der Waals surface area contributed by atoms with Gasteiger partial charge in [0.1, 0.15) is 23.0 Å². The quantitative estimate of drug-likeness (QED) is 0.702. The average Bonchev–Trinajstić information content (AvgIpc) is 3.05. The van der Waals surface area contributed by atoms with Gasteiger partial charge in [0.2, 0.25) is 0 Å². The van der Waals surface area contributed by atoms with E-state index in [0.29, 0.717) is 22.3 Å². The van der Waals surface area contributed by atoms with Gasteiger partial charge in [-0.1, -0.05) is 0 Å². The second kappa shape index (κ2) is 5.14. The Bertz CT molecular complexity index is 1010. The molecular weight excluding hydrogens is 323 g/mol. The smallest absolute Gasteiger partial charge is 0.256 e. The molecular formula is C18H15FN4O2. The Kier molecular flexibility index (Phi) is 3.15. The first-order chi connectivity index (χ1) is 11.9. The van der Waals surface area contributed by atoms with E-state index in [0.717, 1.165) is 6.29 Å². The molecule has 0 aliphatic carbocycles. The molecule has 2 N–H and O–H groups in total. The number of benzene rings is 2. The van der Waals surface area contributed by atoms with Crippen molar-refractivity contribution >= 4 is 40.2 Å². The fourth-order valence-electron chi connectivity index (χ4n) is 3.07. The molecule has 126 valence electrons. The molecule has 0 saturated heterocycles. The molecule has 3 aromatic rings. The summed E-state index contributed by atoms with van der Waals surface area (Å²) in [7, 11) is 0. The van der Waals surface area contributed by atoms with Gasteiger partial charge < -0.3 is 5.32 Å². The summed E-state index contributed by atoms with van der Waals surface area (Å²) in [6.07, 6.45) is 2.25. The summed E-state index contributed by atoms with van der Waals surface area (Å²) in [5, 5.41) is 10.2. The van der Waals surface area contributed by atoms with Gasteiger partial charge in [-0.05, 0) is 44.2 Å². The monoisotopic (exact) mass is 338 g/mol. The molecule has 2 aromatic carbocycles. The number of carbonyl (C=O) groups is 2. The SMILES string of the molecule is CC1(C)Nc2cc3cn[nH]c3c(F)c2N(c2ccc(C=O)cc2)C1=O. The van der Waals surface area contributed by atoms with Crippen molar-refractivity contribution in [2.45, 2.75) is 19.4 Å². The van der Waals surface area contributed by atoms with Crippen LogP contribution in [0.3, 0.4) is 0 Å². The van der Waals surface area contributed by atoms with Crippen molar-refractivity contribution < 1.29 is 14.0 Å². The van der Waals surface area contributed by atoms with E-state index in [2.05, 4.69) is 15.5 Å². The fourth-order valence-corrected chi connectivity index (χ4v) is 3.07. The minimum atomic E-state index is -0.916. The van der Waals surface area contributed by atoms with Crippen molar-refractivity contribution in [1.82, 2.24) is 10.2 Å². The van der Waals surface area contributed by atoms with Crippen molar-refractivity contribution in [3.05, 3.63) is 47.9 Å². The van der Waals surface area contributed by atoms with Crippen LogP contribution in [0.15, 0.2) is 36.5 Å². The lowest BCUT2D eigenvalue weighted by molar-refractivity contribution is -0.121. The second-order valence-corrected chi connectivity index (χ2v) is 6.52. The lowest BCUT2D eigenvalue weighted by Crippen LogP contribution is -2.52. The number of H-pyrrole nitrogens is 1. The van der Waals surface area contributed by atoms with Crippen LogP contribution in [0.1, 0.15) is 24.2 Å². The summed E-state index contributed by atoms with van der Waals surface area (Å²) in [5.41, 5.74) is 0.942. The van der Waals surface area contributed by atoms with Gasteiger partial charge in [-0.15, -0.1) is 0 Å². The number of amides is 1. The maximum Gasteiger partial charge on any atom is 0.256 e. The summed E-state index contributed by atoms with van der Waals surface area (Å²) in [6, 6.07) is 8.21. The Morgan fingerprint density at radius 2 is 1.96 bits per heavy atom. The summed E-state index contributed by atoms with van der Waals surface area (Å²) in [4.78, 5) is 25.2. The molecule has 0 atom stereocenters. The third-order valence-corrected chi connectivity index (χ3v) is 4.35. The molecule has 25 heavy (non-hydrogen) atoms. The van der Waals surface area contributed by atoms with Crippen molar-refractivity contribution in [2.75, 3.05) is 10.2 Å². The Hall–Kier alpha value is -3.22. The van der Waals surface area contributed by atoms with Crippen molar-refractivity contribution in [3.8, 4) is 0 Å². The number of hydrogen-bond donors (Lipinski definition) is 2. The van der Waals surface area contributed by atoms with Crippen LogP contribution in [-0.4, -0.2) is 27.9 Å². The van der Waals surface area contributed by atoms with Crippen molar-refractivity contribution in [1.29, 1.82) is 0 Å². The average molecular weight is 338 g/mol. The Balaban J connectivity index is 1.99. The highest BCUT2D eigenvalue weighted by Crippen LogP contribution is 2.44. The topological polar surface area (TPSA) is 78.1 Å². The van der Waals surface area contributed by atoms with E-state index in [1.54, 1.807) is 44.2 Å². The first kappa shape index (κ1) is 15.3. The lowest BCUT2D eigenvalue weighted by Gasteiger charge is -2.40. The second-order valence-electron chi connectivity index (χ2n) is 6.52. The Labute approximate surface area is 142 Å². The highest BCUT2D eigenvalue weighted by Gasteiger charge is 2.41. The number of nitrogens with one attached hydrogen (secondary N) is 2. The first-order valence-electron chi connectivity index (χ1n) is 7.76. The molecule has 1 aliphatic rings. The number of aldehydes is 1. The molecule has 0 fully saturated rings. The number of hydrogen-bond acceptors (Lipinski definition) is 4. The highest BCUT2D eigenvalue weighted by atomic mass is 19.1. The Morgan fingerprint density at radius 1 is 1.24 bits per heavy atom. The standard InChI is InChI=1S/C18H15FN4O2/c1-18(2)17(25)23(12-5-3-10(9-24)4-6-12)16-13(21-18)7-11-8-20-22-15(11)14(16)19/h3-9,21H,1-2H3,(H,20,22). The number of nitrogens with zero attached hydrogens (tertiary/aromatic N) is 2. The zero-order chi connectivity index (χ0) is 17.8. The molecule has 2 heterocycles. The van der Waals surface area contributed by atoms with Crippen molar-refractivity contribution in [2.24, 2.45) is 0 Å². The molecule has 1 aromatic heterocycles. The number of halogens is 1. The number of aromatic amines is 1. The van der Waals surface area contributed by atoms with E-state index >= 15 is 4.39 Å². The molecule has 7 heteroatoms. The zero-order valence-electron chi connectivity index (χ0n) is 13.6. The van der Waals surface area contributed by atoms with E-state index in [1.165, 1.54) is 11.1 Å². The molecule has 0 bridgehead atoms. The predicted molar refractivity (Wildman–Crippen MR) is 92.7 cm³/mol. The molecule has 6 nitrogen and oxygen atoms in total. The number of aromatic nitrogens is 2. The molecule has 0 radical (unpaired) electrons. The summed E-state index contributed by atoms with van der Waals surface area (Å²) in [6.45, 7) is 3.48. The zero-order valence-corrected chi connectivity index (χ0v) is 13.6. The van der Waals surface area contributed by atoms with Gasteiger partial charge in [0.25, 0.3) is 5.91 Å². The normalized spacial score (nSPS) is 15.8.